The van der Waals surface area contributed by atoms with E-state index in [4.69, 9.17) is 14.2 Å². The minimum absolute atomic E-state index is 0.0408. The predicted molar refractivity (Wildman–Crippen MR) is 295 cm³/mol. The number of rotatable bonds is 16. The third-order valence-corrected chi connectivity index (χ3v) is 15.8. The van der Waals surface area contributed by atoms with Crippen LogP contribution in [-0.2, 0) is 63.8 Å². The summed E-state index contributed by atoms with van der Waals surface area (Å²) in [7, 11) is 4.31. The molecule has 3 saturated heterocycles. The summed E-state index contributed by atoms with van der Waals surface area (Å²) >= 11 is 0. The van der Waals surface area contributed by atoms with Crippen LogP contribution >= 0.6 is 0 Å². The quantitative estimate of drug-likeness (QED) is 0.118. The summed E-state index contributed by atoms with van der Waals surface area (Å²) in [6.07, 6.45) is -4.53. The molecular weight excluding hydrogens is 1030 g/mol. The van der Waals surface area contributed by atoms with Gasteiger partial charge in [0.2, 0.25) is 35.4 Å². The van der Waals surface area contributed by atoms with Gasteiger partial charge in [0.25, 0.3) is 5.91 Å². The van der Waals surface area contributed by atoms with E-state index in [0.717, 1.165) is 0 Å². The lowest BCUT2D eigenvalue weighted by atomic mass is 9.91. The Morgan fingerprint density at radius 1 is 0.850 bits per heavy atom. The molecule has 0 bridgehead atoms. The van der Waals surface area contributed by atoms with Gasteiger partial charge in [0.15, 0.2) is 11.9 Å². The lowest BCUT2D eigenvalue weighted by Gasteiger charge is -2.36. The van der Waals surface area contributed by atoms with E-state index in [9.17, 15) is 53.4 Å². The van der Waals surface area contributed by atoms with Gasteiger partial charge >= 0.3 is 11.9 Å². The van der Waals surface area contributed by atoms with Crippen molar-refractivity contribution in [3.05, 3.63) is 29.8 Å². The minimum atomic E-state index is -1.76. The molecule has 22 heteroatoms. The fourth-order valence-electron chi connectivity index (χ4n) is 10.6. The van der Waals surface area contributed by atoms with E-state index in [2.05, 4.69) is 16.0 Å². The zero-order valence-electron chi connectivity index (χ0n) is 49.5. The van der Waals surface area contributed by atoms with Gasteiger partial charge in [-0.25, -0.2) is 4.79 Å². The summed E-state index contributed by atoms with van der Waals surface area (Å²) in [6, 6.07) is -2.16. The Morgan fingerprint density at radius 2 is 1.49 bits per heavy atom. The third-order valence-electron chi connectivity index (χ3n) is 15.8. The number of hydrogen-bond acceptors (Lipinski definition) is 15. The Hall–Kier alpha value is -6.16. The number of esters is 2. The van der Waals surface area contributed by atoms with Gasteiger partial charge in [0, 0.05) is 33.6 Å². The average Bonchev–Trinajstić information content (AvgIpc) is 4.12. The number of Topliss-reactive ketones (excluding diaryl/α,β-unsaturated/α-hetero) is 1. The van der Waals surface area contributed by atoms with E-state index in [0.29, 0.717) is 37.0 Å². The Balaban J connectivity index is 1.89. The molecule has 0 aromatic heterocycles. The lowest BCUT2D eigenvalue weighted by Crippen LogP contribution is -2.62. The molecular formula is C58H91N7O15. The molecule has 448 valence electrons. The molecule has 5 N–H and O–H groups in total. The van der Waals surface area contributed by atoms with Crippen molar-refractivity contribution >= 4 is 59.1 Å². The van der Waals surface area contributed by atoms with E-state index in [1.807, 2.05) is 27.7 Å². The molecule has 1 aromatic carbocycles. The Bertz CT molecular complexity index is 2350. The minimum Gasteiger partial charge on any atom is -0.497 e. The molecule has 0 spiro atoms. The molecule has 0 aliphatic carbocycles. The molecule has 80 heavy (non-hydrogen) atoms. The van der Waals surface area contributed by atoms with Crippen molar-refractivity contribution in [2.75, 3.05) is 34.3 Å². The van der Waals surface area contributed by atoms with Gasteiger partial charge in [-0.2, -0.15) is 0 Å². The highest BCUT2D eigenvalue weighted by molar-refractivity contribution is 6.05. The van der Waals surface area contributed by atoms with Crippen molar-refractivity contribution in [1.82, 2.24) is 35.6 Å². The van der Waals surface area contributed by atoms with E-state index in [1.54, 1.807) is 52.0 Å². The first-order valence-electron chi connectivity index (χ1n) is 28.5. The number of likely N-dealkylation sites (N-methyl/N-ethyl adjacent to an activating group) is 2. The lowest BCUT2D eigenvalue weighted by molar-refractivity contribution is -0.163. The molecule has 1 aromatic rings. The Labute approximate surface area is 472 Å². The first kappa shape index (κ1) is 66.4. The summed E-state index contributed by atoms with van der Waals surface area (Å²) in [5, 5.41) is 30.3. The number of methoxy groups -OCH3 is 1. The molecule has 22 nitrogen and oxygen atoms in total. The van der Waals surface area contributed by atoms with Crippen LogP contribution in [0.15, 0.2) is 24.3 Å². The molecule has 3 fully saturated rings. The normalized spacial score (nSPS) is 27.5. The molecule has 0 saturated carbocycles. The highest BCUT2D eigenvalue weighted by Crippen LogP contribution is 2.27. The first-order chi connectivity index (χ1) is 37.5. The van der Waals surface area contributed by atoms with Crippen LogP contribution in [0.3, 0.4) is 0 Å². The predicted octanol–water partition coefficient (Wildman–Crippen LogP) is 2.71. The largest absolute Gasteiger partial charge is 0.497 e. The van der Waals surface area contributed by atoms with Crippen molar-refractivity contribution in [1.29, 1.82) is 0 Å². The van der Waals surface area contributed by atoms with Crippen LogP contribution < -0.4 is 20.7 Å². The van der Waals surface area contributed by atoms with Gasteiger partial charge in [-0.05, 0) is 107 Å². The van der Waals surface area contributed by atoms with Gasteiger partial charge in [0.05, 0.1) is 31.6 Å². The summed E-state index contributed by atoms with van der Waals surface area (Å²) in [4.78, 5) is 149. The van der Waals surface area contributed by atoms with Gasteiger partial charge < -0.3 is 60.0 Å². The molecule has 4 rings (SSSR count). The number of fused-ring (bicyclic) bond motifs is 1. The van der Waals surface area contributed by atoms with Crippen LogP contribution in [0, 0.1) is 29.6 Å². The molecule has 3 heterocycles. The molecule has 1 unspecified atom stereocenters. The maximum atomic E-state index is 15.0. The average molecular weight is 1130 g/mol. The molecule has 0 radical (unpaired) electrons. The van der Waals surface area contributed by atoms with Crippen LogP contribution in [0.5, 0.6) is 5.75 Å². The molecule has 13 atom stereocenters. The first-order valence-corrected chi connectivity index (χ1v) is 28.5. The number of likely N-dealkylation sites (tertiary alicyclic amines) is 1. The van der Waals surface area contributed by atoms with Crippen molar-refractivity contribution in [2.24, 2.45) is 29.6 Å². The number of aliphatic hydroxyl groups is 2. The SMILES string of the molecule is CC[C@H](C)[C@H]1NC(=O)[C@@H](NC(=O)[C@@H](CCC(C)C)N(C)C(=O)[C@@H]2CCCN2C(=O)[C@H](C)O)[C@@H](C)OC(=O)[C@H](Cc2ccc(OC)cc2)N(C)C(=O)C2CCCN2C(=O)[C@H](CC(C)C)NC(=O)[C@@H](C)C(=O)[C@H](C(C)C)OC(=O)C[C@@H]1O. The van der Waals surface area contributed by atoms with Crippen molar-refractivity contribution < 1.29 is 72.4 Å². The van der Waals surface area contributed by atoms with Crippen molar-refractivity contribution in [2.45, 2.75) is 207 Å². The number of carbonyl (C=O) groups excluding carboxylic acids is 10. The van der Waals surface area contributed by atoms with Gasteiger partial charge in [-0.15, -0.1) is 0 Å². The van der Waals surface area contributed by atoms with E-state index in [-0.39, 0.29) is 57.0 Å². The fourth-order valence-corrected chi connectivity index (χ4v) is 10.6. The number of hydrogen-bond donors (Lipinski definition) is 5. The number of aliphatic hydroxyl groups excluding tert-OH is 2. The Morgan fingerprint density at radius 3 is 2.06 bits per heavy atom. The zero-order valence-corrected chi connectivity index (χ0v) is 49.5. The molecule has 3 aliphatic heterocycles. The Kier molecular flexibility index (Phi) is 24.9. The summed E-state index contributed by atoms with van der Waals surface area (Å²) in [5.74, 6) is -9.98. The van der Waals surface area contributed by atoms with E-state index in [1.165, 1.54) is 61.6 Å². The highest BCUT2D eigenvalue weighted by Gasteiger charge is 2.46. The number of carbonyl (C=O) groups is 10. The standard InChI is InChI=1S/C58H91N7O15/c1-15-34(8)47-45(67)30-46(68)80-50(33(6)7)49(69)35(9)51(70)59-40(28-32(4)5)55(74)65-27-17-19-43(65)57(76)63(13)44(29-38-21-23-39(78-14)24-22-38)58(77)79-37(11)48(53(72)60-47)61-52(71)41(25-20-31(2)3)62(12)56(75)42-18-16-26-64(42)54(73)36(10)66/h21-24,31-37,40-45,47-48,50,66-67H,15-20,25-30H2,1-14H3,(H,59,70)(H,60,72)(H,61,71)/t34-,35-,36-,37+,40-,41+,42-,43?,44-,45-,47+,48-,50-/m0/s1. The van der Waals surface area contributed by atoms with Crippen LogP contribution in [0.2, 0.25) is 0 Å². The highest BCUT2D eigenvalue weighted by atomic mass is 16.6. The topological polar surface area (TPSA) is 288 Å². The maximum Gasteiger partial charge on any atom is 0.329 e. The van der Waals surface area contributed by atoms with Crippen LogP contribution in [-0.4, -0.2) is 190 Å². The van der Waals surface area contributed by atoms with Gasteiger partial charge in [-0.1, -0.05) is 73.9 Å². The molecule has 3 aliphatic rings. The number of ketones is 1. The monoisotopic (exact) mass is 1130 g/mol. The summed E-state index contributed by atoms with van der Waals surface area (Å²) in [6.45, 7) is 18.6. The van der Waals surface area contributed by atoms with Crippen LogP contribution in [0.4, 0.5) is 0 Å². The number of ether oxygens (including phenoxy) is 3. The number of nitrogens with zero attached hydrogens (tertiary/aromatic N) is 4. The second kappa shape index (κ2) is 30.1. The second-order valence-electron chi connectivity index (χ2n) is 23.3. The fraction of sp³-hybridized carbons (Fsp3) is 0.724. The number of nitrogens with one attached hydrogen (secondary N) is 3. The third kappa shape index (κ3) is 17.2. The zero-order chi connectivity index (χ0) is 60.0. The number of cyclic esters (lactones) is 2. The van der Waals surface area contributed by atoms with E-state index >= 15 is 4.79 Å². The maximum absolute atomic E-state index is 15.0. The number of benzene rings is 1. The van der Waals surface area contributed by atoms with Crippen molar-refractivity contribution in [3.8, 4) is 5.75 Å². The number of amides is 7. The summed E-state index contributed by atoms with van der Waals surface area (Å²) in [5.41, 5.74) is 0.572. The van der Waals surface area contributed by atoms with Crippen LogP contribution in [0.25, 0.3) is 0 Å². The van der Waals surface area contributed by atoms with Crippen LogP contribution in [0.1, 0.15) is 140 Å². The van der Waals surface area contributed by atoms with E-state index < -0.39 is 150 Å². The van der Waals surface area contributed by atoms with Crippen molar-refractivity contribution in [3.63, 3.8) is 0 Å². The smallest absolute Gasteiger partial charge is 0.329 e. The van der Waals surface area contributed by atoms with Gasteiger partial charge in [0.1, 0.15) is 54.2 Å². The molecule has 7 amide bonds. The van der Waals surface area contributed by atoms with Gasteiger partial charge in [-0.3, -0.25) is 43.2 Å². The second-order valence-corrected chi connectivity index (χ2v) is 23.3. The summed E-state index contributed by atoms with van der Waals surface area (Å²) < 4.78 is 17.3.